The van der Waals surface area contributed by atoms with Crippen LogP contribution in [0.25, 0.3) is 0 Å². The molecule has 22 heavy (non-hydrogen) atoms. The Morgan fingerprint density at radius 3 is 1.91 bits per heavy atom. The van der Waals surface area contributed by atoms with Crippen molar-refractivity contribution in [1.29, 1.82) is 0 Å². The zero-order valence-electron chi connectivity index (χ0n) is 15.1. The summed E-state index contributed by atoms with van der Waals surface area (Å²) in [5.74, 6) is 0.390. The number of hydrogen-bond acceptors (Lipinski definition) is 1. The van der Waals surface area contributed by atoms with Gasteiger partial charge in [-0.3, -0.25) is 4.79 Å². The lowest BCUT2D eigenvalue weighted by atomic mass is 10.1. The molecule has 128 valence electrons. The van der Waals surface area contributed by atoms with Gasteiger partial charge in [0.1, 0.15) is 5.78 Å². The summed E-state index contributed by atoms with van der Waals surface area (Å²) < 4.78 is 0. The number of carbonyl (C=O) groups excluding carboxylic acids is 1. The number of carbonyl (C=O) groups is 1. The van der Waals surface area contributed by atoms with Crippen molar-refractivity contribution in [2.24, 2.45) is 0 Å². The maximum absolute atomic E-state index is 11.7. The largest absolute Gasteiger partial charge is 0.299 e. The molecule has 0 aromatic rings. The van der Waals surface area contributed by atoms with Gasteiger partial charge in [0.05, 0.1) is 0 Å². The van der Waals surface area contributed by atoms with Crippen LogP contribution in [0.2, 0.25) is 0 Å². The molecule has 0 fully saturated rings. The van der Waals surface area contributed by atoms with Crippen molar-refractivity contribution in [3.8, 4) is 0 Å². The summed E-state index contributed by atoms with van der Waals surface area (Å²) in [4.78, 5) is 11.7. The third-order valence-electron chi connectivity index (χ3n) is 4.01. The van der Waals surface area contributed by atoms with Gasteiger partial charge in [-0.15, -0.1) is 0 Å². The average molecular weight is 307 g/mol. The minimum atomic E-state index is 0.390. The first-order chi connectivity index (χ1) is 10.8. The molecule has 0 aliphatic carbocycles. The first-order valence-electron chi connectivity index (χ1n) is 9.64. The highest BCUT2D eigenvalue weighted by molar-refractivity contribution is 5.79. The molecule has 0 amide bonds. The molecule has 0 aromatic heterocycles. The minimum Gasteiger partial charge on any atom is -0.299 e. The van der Waals surface area contributed by atoms with Crippen molar-refractivity contribution in [2.75, 3.05) is 0 Å². The van der Waals surface area contributed by atoms with Crippen LogP contribution in [0.1, 0.15) is 104 Å². The fourth-order valence-electron chi connectivity index (χ4n) is 2.52. The number of unbranched alkanes of at least 4 members (excludes halogenated alkanes) is 10. The Balaban J connectivity index is 3.35. The quantitative estimate of drug-likeness (QED) is 0.218. The first-order valence-corrected chi connectivity index (χ1v) is 9.64. The Bertz CT molecular complexity index is 288. The van der Waals surface area contributed by atoms with E-state index in [1.54, 1.807) is 0 Å². The monoisotopic (exact) mass is 306 g/mol. The van der Waals surface area contributed by atoms with Crippen LogP contribution in [-0.4, -0.2) is 5.78 Å². The highest BCUT2D eigenvalue weighted by Crippen LogP contribution is 2.10. The fraction of sp³-hybridized carbons (Fsp3) is 0.762. The smallest absolute Gasteiger partial charge is 0.136 e. The van der Waals surface area contributed by atoms with Gasteiger partial charge in [-0.25, -0.2) is 0 Å². The van der Waals surface area contributed by atoms with Crippen molar-refractivity contribution < 1.29 is 4.79 Å². The molecule has 0 unspecified atom stereocenters. The van der Waals surface area contributed by atoms with Crippen LogP contribution in [0.5, 0.6) is 0 Å². The van der Waals surface area contributed by atoms with E-state index in [9.17, 15) is 4.79 Å². The number of allylic oxidation sites excluding steroid dienone is 4. The van der Waals surface area contributed by atoms with E-state index in [0.717, 1.165) is 19.3 Å². The van der Waals surface area contributed by atoms with Crippen LogP contribution >= 0.6 is 0 Å². The molecule has 0 saturated carbocycles. The van der Waals surface area contributed by atoms with E-state index in [4.69, 9.17) is 0 Å². The molecular formula is C21H38O. The summed E-state index contributed by atoms with van der Waals surface area (Å²) >= 11 is 0. The van der Waals surface area contributed by atoms with Crippen LogP contribution in [-0.2, 0) is 4.79 Å². The van der Waals surface area contributed by atoms with Gasteiger partial charge < -0.3 is 0 Å². The lowest BCUT2D eigenvalue weighted by molar-refractivity contribution is -0.118. The van der Waals surface area contributed by atoms with Crippen molar-refractivity contribution in [2.45, 2.75) is 104 Å². The molecule has 0 atom stereocenters. The Hall–Kier alpha value is -0.850. The molecule has 0 aliphatic heterocycles. The van der Waals surface area contributed by atoms with Crippen molar-refractivity contribution in [3.05, 3.63) is 24.3 Å². The predicted molar refractivity (Wildman–Crippen MR) is 99.3 cm³/mol. The summed E-state index contributed by atoms with van der Waals surface area (Å²) in [6, 6.07) is 0. The maximum Gasteiger partial charge on any atom is 0.136 e. The second kappa shape index (κ2) is 18.2. The van der Waals surface area contributed by atoms with Gasteiger partial charge in [-0.05, 0) is 19.3 Å². The Labute approximate surface area is 139 Å². The molecular weight excluding hydrogens is 268 g/mol. The van der Waals surface area contributed by atoms with Gasteiger partial charge in [-0.2, -0.15) is 0 Å². The highest BCUT2D eigenvalue weighted by atomic mass is 16.1. The minimum absolute atomic E-state index is 0.390. The van der Waals surface area contributed by atoms with Gasteiger partial charge in [0, 0.05) is 12.8 Å². The van der Waals surface area contributed by atoms with E-state index in [1.165, 1.54) is 64.2 Å². The molecule has 0 aromatic carbocycles. The van der Waals surface area contributed by atoms with Crippen molar-refractivity contribution in [1.82, 2.24) is 0 Å². The second-order valence-electron chi connectivity index (χ2n) is 6.32. The average Bonchev–Trinajstić information content (AvgIpc) is 2.52. The van der Waals surface area contributed by atoms with E-state index in [1.807, 2.05) is 12.2 Å². The normalized spacial score (nSPS) is 11.7. The molecule has 0 N–H and O–H groups in total. The van der Waals surface area contributed by atoms with E-state index in [-0.39, 0.29) is 0 Å². The summed E-state index contributed by atoms with van der Waals surface area (Å²) in [6.07, 6.45) is 25.1. The van der Waals surface area contributed by atoms with Crippen LogP contribution < -0.4 is 0 Å². The Morgan fingerprint density at radius 1 is 0.682 bits per heavy atom. The zero-order valence-corrected chi connectivity index (χ0v) is 15.1. The first kappa shape index (κ1) is 21.1. The molecule has 0 rings (SSSR count). The van der Waals surface area contributed by atoms with Gasteiger partial charge >= 0.3 is 0 Å². The van der Waals surface area contributed by atoms with Crippen LogP contribution in [0.15, 0.2) is 24.3 Å². The second-order valence-corrected chi connectivity index (χ2v) is 6.32. The molecule has 0 bridgehead atoms. The number of hydrogen-bond donors (Lipinski definition) is 0. The van der Waals surface area contributed by atoms with Gasteiger partial charge in [-0.1, -0.05) is 95.9 Å². The molecule has 1 nitrogen and oxygen atoms in total. The molecule has 0 aliphatic rings. The third-order valence-corrected chi connectivity index (χ3v) is 4.01. The number of ketones is 1. The number of rotatable bonds is 16. The van der Waals surface area contributed by atoms with Crippen LogP contribution in [0.4, 0.5) is 0 Å². The lowest BCUT2D eigenvalue weighted by Crippen LogP contribution is -1.95. The van der Waals surface area contributed by atoms with Crippen molar-refractivity contribution >= 4 is 5.78 Å². The van der Waals surface area contributed by atoms with Gasteiger partial charge in [0.2, 0.25) is 0 Å². The molecule has 1 heteroatoms. The third kappa shape index (κ3) is 17.2. The predicted octanol–water partition coefficient (Wildman–Crippen LogP) is 7.17. The summed E-state index contributed by atoms with van der Waals surface area (Å²) in [7, 11) is 0. The topological polar surface area (TPSA) is 17.1 Å². The molecule has 0 radical (unpaired) electrons. The molecule has 0 saturated heterocycles. The van der Waals surface area contributed by atoms with Gasteiger partial charge in [0.25, 0.3) is 0 Å². The summed E-state index contributed by atoms with van der Waals surface area (Å²) in [5.41, 5.74) is 0. The molecule has 0 heterocycles. The van der Waals surface area contributed by atoms with Gasteiger partial charge in [0.15, 0.2) is 0 Å². The highest BCUT2D eigenvalue weighted by Gasteiger charge is 1.98. The Kier molecular flexibility index (Phi) is 17.5. The number of Topliss-reactive ketones (excluding diaryl/α,β-unsaturated/α-hetero) is 1. The van der Waals surface area contributed by atoms with E-state index >= 15 is 0 Å². The SMILES string of the molecule is CCCCC/C=C/C=CCC(=O)CCCCCCCCCC. The van der Waals surface area contributed by atoms with E-state index in [0.29, 0.717) is 12.2 Å². The Morgan fingerprint density at radius 2 is 1.23 bits per heavy atom. The van der Waals surface area contributed by atoms with E-state index in [2.05, 4.69) is 26.0 Å². The summed E-state index contributed by atoms with van der Waals surface area (Å²) in [6.45, 7) is 4.48. The van der Waals surface area contributed by atoms with Crippen LogP contribution in [0, 0.1) is 0 Å². The lowest BCUT2D eigenvalue weighted by Gasteiger charge is -2.00. The maximum atomic E-state index is 11.7. The van der Waals surface area contributed by atoms with E-state index < -0.39 is 0 Å². The summed E-state index contributed by atoms with van der Waals surface area (Å²) in [5, 5.41) is 0. The fourth-order valence-corrected chi connectivity index (χ4v) is 2.52. The van der Waals surface area contributed by atoms with Crippen LogP contribution in [0.3, 0.4) is 0 Å². The standard InChI is InChI=1S/C21H38O/c1-3-5-7-9-11-13-15-17-19-21(22)20-18-16-14-12-10-8-6-4-2/h11,13,15,17H,3-10,12,14,16,18-20H2,1-2H3/b13-11+,17-15?. The molecule has 0 spiro atoms. The van der Waals surface area contributed by atoms with Crippen molar-refractivity contribution in [3.63, 3.8) is 0 Å². The zero-order chi connectivity index (χ0) is 16.3.